The zero-order chi connectivity index (χ0) is 11.4. The van der Waals surface area contributed by atoms with Crippen molar-refractivity contribution in [2.45, 2.75) is 12.8 Å². The molecule has 1 aromatic carbocycles. The molecular formula is C11H14Cl2FN. The van der Waals surface area contributed by atoms with Gasteiger partial charge in [-0.1, -0.05) is 23.2 Å². The van der Waals surface area contributed by atoms with Gasteiger partial charge in [0.15, 0.2) is 0 Å². The summed E-state index contributed by atoms with van der Waals surface area (Å²) in [6.45, 7) is 0.915. The molecule has 0 heterocycles. The van der Waals surface area contributed by atoms with Crippen LogP contribution in [0.15, 0.2) is 12.1 Å². The van der Waals surface area contributed by atoms with Crippen LogP contribution in [0.2, 0.25) is 10.0 Å². The van der Waals surface area contributed by atoms with E-state index < -0.39 is 0 Å². The molecule has 0 spiro atoms. The molecule has 0 bridgehead atoms. The largest absolute Gasteiger partial charge is 0.309 e. The highest BCUT2D eigenvalue weighted by Gasteiger charge is 2.08. The van der Waals surface area contributed by atoms with Crippen LogP contribution in [0.5, 0.6) is 0 Å². The van der Waals surface area contributed by atoms with Crippen molar-refractivity contribution in [3.63, 3.8) is 0 Å². The SMILES string of the molecule is CN(C)CCCc1c(F)cc(Cl)cc1Cl. The van der Waals surface area contributed by atoms with E-state index in [0.717, 1.165) is 13.0 Å². The van der Waals surface area contributed by atoms with Gasteiger partial charge in [-0.2, -0.15) is 0 Å². The van der Waals surface area contributed by atoms with Crippen LogP contribution in [0.25, 0.3) is 0 Å². The second-order valence-corrected chi connectivity index (χ2v) is 4.60. The molecule has 0 unspecified atom stereocenters. The van der Waals surface area contributed by atoms with Crippen molar-refractivity contribution in [1.82, 2.24) is 4.90 Å². The third kappa shape index (κ3) is 3.98. The van der Waals surface area contributed by atoms with Crippen LogP contribution in [-0.4, -0.2) is 25.5 Å². The van der Waals surface area contributed by atoms with Gasteiger partial charge in [-0.25, -0.2) is 4.39 Å². The van der Waals surface area contributed by atoms with Crippen molar-refractivity contribution in [3.05, 3.63) is 33.6 Å². The fraction of sp³-hybridized carbons (Fsp3) is 0.455. The molecule has 0 atom stereocenters. The first-order chi connectivity index (χ1) is 7.00. The number of halogens is 3. The number of benzene rings is 1. The third-order valence-corrected chi connectivity index (χ3v) is 2.69. The van der Waals surface area contributed by atoms with Gasteiger partial charge in [0, 0.05) is 15.6 Å². The van der Waals surface area contributed by atoms with Crippen molar-refractivity contribution in [1.29, 1.82) is 0 Å². The Hall–Kier alpha value is -0.310. The van der Waals surface area contributed by atoms with E-state index >= 15 is 0 Å². The molecule has 0 amide bonds. The molecule has 1 rings (SSSR count). The van der Waals surface area contributed by atoms with E-state index in [-0.39, 0.29) is 5.82 Å². The highest BCUT2D eigenvalue weighted by atomic mass is 35.5. The number of hydrogen-bond acceptors (Lipinski definition) is 1. The van der Waals surface area contributed by atoms with E-state index in [4.69, 9.17) is 23.2 Å². The Bertz CT molecular complexity index is 316. The van der Waals surface area contributed by atoms with Gasteiger partial charge < -0.3 is 4.90 Å². The number of nitrogens with zero attached hydrogens (tertiary/aromatic N) is 1. The first-order valence-corrected chi connectivity index (χ1v) is 5.54. The van der Waals surface area contributed by atoms with Crippen LogP contribution < -0.4 is 0 Å². The number of rotatable bonds is 4. The summed E-state index contributed by atoms with van der Waals surface area (Å²) in [6.07, 6.45) is 1.52. The van der Waals surface area contributed by atoms with Gasteiger partial charge in [0.25, 0.3) is 0 Å². The molecule has 0 saturated carbocycles. The van der Waals surface area contributed by atoms with Crippen LogP contribution in [0.4, 0.5) is 4.39 Å². The maximum absolute atomic E-state index is 13.5. The average molecular weight is 250 g/mol. The Labute approximate surface area is 99.8 Å². The van der Waals surface area contributed by atoms with Gasteiger partial charge in [0.2, 0.25) is 0 Å². The topological polar surface area (TPSA) is 3.24 Å². The highest BCUT2D eigenvalue weighted by Crippen LogP contribution is 2.25. The quantitative estimate of drug-likeness (QED) is 0.788. The van der Waals surface area contributed by atoms with E-state index in [0.29, 0.717) is 22.0 Å². The summed E-state index contributed by atoms with van der Waals surface area (Å²) in [5.41, 5.74) is 0.558. The molecule has 0 N–H and O–H groups in total. The predicted octanol–water partition coefficient (Wildman–Crippen LogP) is 3.63. The van der Waals surface area contributed by atoms with Crippen LogP contribution in [0, 0.1) is 5.82 Å². The molecule has 0 saturated heterocycles. The van der Waals surface area contributed by atoms with E-state index in [1.54, 1.807) is 6.07 Å². The normalized spacial score (nSPS) is 11.1. The Morgan fingerprint density at radius 2 is 1.93 bits per heavy atom. The minimum absolute atomic E-state index is 0.314. The minimum atomic E-state index is -0.314. The highest BCUT2D eigenvalue weighted by molar-refractivity contribution is 6.35. The summed E-state index contributed by atoms with van der Waals surface area (Å²) in [7, 11) is 3.97. The molecule has 0 radical (unpaired) electrons. The Morgan fingerprint density at radius 3 is 2.47 bits per heavy atom. The fourth-order valence-corrected chi connectivity index (χ4v) is 1.95. The monoisotopic (exact) mass is 249 g/mol. The Balaban J connectivity index is 2.68. The van der Waals surface area contributed by atoms with Crippen molar-refractivity contribution in [2.75, 3.05) is 20.6 Å². The van der Waals surface area contributed by atoms with Gasteiger partial charge in [0.1, 0.15) is 5.82 Å². The Kier molecular flexibility index (Phi) is 4.84. The van der Waals surface area contributed by atoms with Crippen molar-refractivity contribution in [3.8, 4) is 0 Å². The molecule has 0 aliphatic rings. The van der Waals surface area contributed by atoms with E-state index in [2.05, 4.69) is 4.90 Å². The van der Waals surface area contributed by atoms with Gasteiger partial charge in [-0.05, 0) is 45.6 Å². The summed E-state index contributed by atoms with van der Waals surface area (Å²) < 4.78 is 13.5. The van der Waals surface area contributed by atoms with Crippen molar-refractivity contribution < 1.29 is 4.39 Å². The lowest BCUT2D eigenvalue weighted by Crippen LogP contribution is -2.13. The van der Waals surface area contributed by atoms with Gasteiger partial charge in [-0.15, -0.1) is 0 Å². The van der Waals surface area contributed by atoms with Crippen LogP contribution in [-0.2, 0) is 6.42 Å². The third-order valence-electron chi connectivity index (χ3n) is 2.14. The molecule has 1 aromatic rings. The van der Waals surface area contributed by atoms with Crippen LogP contribution in [0.3, 0.4) is 0 Å². The van der Waals surface area contributed by atoms with Crippen LogP contribution in [0.1, 0.15) is 12.0 Å². The maximum atomic E-state index is 13.5. The van der Waals surface area contributed by atoms with E-state index in [9.17, 15) is 4.39 Å². The van der Waals surface area contributed by atoms with E-state index in [1.165, 1.54) is 6.07 Å². The first-order valence-electron chi connectivity index (χ1n) is 4.79. The summed E-state index contributed by atoms with van der Waals surface area (Å²) in [5.74, 6) is -0.314. The standard InChI is InChI=1S/C11H14Cl2FN/c1-15(2)5-3-4-9-10(13)6-8(12)7-11(9)14/h6-7H,3-5H2,1-2H3. The van der Waals surface area contributed by atoms with Crippen molar-refractivity contribution >= 4 is 23.2 Å². The zero-order valence-corrected chi connectivity index (χ0v) is 10.4. The molecular weight excluding hydrogens is 236 g/mol. The molecule has 84 valence electrons. The molecule has 0 fully saturated rings. The maximum Gasteiger partial charge on any atom is 0.129 e. The fourth-order valence-electron chi connectivity index (χ4n) is 1.38. The lowest BCUT2D eigenvalue weighted by Gasteiger charge is -2.10. The molecule has 0 aromatic heterocycles. The minimum Gasteiger partial charge on any atom is -0.309 e. The first kappa shape index (κ1) is 12.8. The summed E-state index contributed by atoms with van der Waals surface area (Å²) >= 11 is 11.6. The molecule has 15 heavy (non-hydrogen) atoms. The van der Waals surface area contributed by atoms with E-state index in [1.807, 2.05) is 14.1 Å². The average Bonchev–Trinajstić information content (AvgIpc) is 2.08. The lowest BCUT2D eigenvalue weighted by atomic mass is 10.1. The van der Waals surface area contributed by atoms with Gasteiger partial charge in [0.05, 0.1) is 0 Å². The van der Waals surface area contributed by atoms with Crippen molar-refractivity contribution in [2.24, 2.45) is 0 Å². The zero-order valence-electron chi connectivity index (χ0n) is 8.86. The second kappa shape index (κ2) is 5.69. The molecule has 1 nitrogen and oxygen atoms in total. The molecule has 4 heteroatoms. The summed E-state index contributed by atoms with van der Waals surface area (Å²) in [5, 5.41) is 0.757. The van der Waals surface area contributed by atoms with Gasteiger partial charge >= 0.3 is 0 Å². The van der Waals surface area contributed by atoms with Gasteiger partial charge in [-0.3, -0.25) is 0 Å². The number of hydrogen-bond donors (Lipinski definition) is 0. The van der Waals surface area contributed by atoms with Crippen LogP contribution >= 0.6 is 23.2 Å². The molecule has 0 aliphatic carbocycles. The molecule has 0 aliphatic heterocycles. The Morgan fingerprint density at radius 1 is 1.27 bits per heavy atom. The summed E-state index contributed by atoms with van der Waals surface area (Å²) in [4.78, 5) is 2.06. The summed E-state index contributed by atoms with van der Waals surface area (Å²) in [6, 6.07) is 2.88. The smallest absolute Gasteiger partial charge is 0.129 e. The lowest BCUT2D eigenvalue weighted by molar-refractivity contribution is 0.399. The second-order valence-electron chi connectivity index (χ2n) is 3.75. The predicted molar refractivity (Wildman–Crippen MR) is 63.3 cm³/mol.